The summed E-state index contributed by atoms with van der Waals surface area (Å²) in [6.07, 6.45) is 2.90. The van der Waals surface area contributed by atoms with Gasteiger partial charge in [-0.1, -0.05) is 20.8 Å². The maximum Gasteiger partial charge on any atom is 0.192 e. The van der Waals surface area contributed by atoms with Crippen LogP contribution in [0.1, 0.15) is 27.0 Å². The van der Waals surface area contributed by atoms with E-state index < -0.39 is 8.32 Å². The van der Waals surface area contributed by atoms with E-state index in [9.17, 15) is 0 Å². The van der Waals surface area contributed by atoms with Crippen LogP contribution in [-0.2, 0) is 13.9 Å². The van der Waals surface area contributed by atoms with Crippen molar-refractivity contribution in [1.82, 2.24) is 19.5 Å². The summed E-state index contributed by atoms with van der Waals surface area (Å²) in [6.45, 7) is 11.7. The summed E-state index contributed by atoms with van der Waals surface area (Å²) in [5.41, 5.74) is 7.11. The van der Waals surface area contributed by atoms with E-state index in [0.29, 0.717) is 23.6 Å². The van der Waals surface area contributed by atoms with Gasteiger partial charge in [0.1, 0.15) is 30.2 Å². The first-order valence-electron chi connectivity index (χ1n) is 8.57. The molecule has 2 aromatic heterocycles. The Labute approximate surface area is 147 Å². The highest BCUT2D eigenvalue weighted by atomic mass is 28.4. The van der Waals surface area contributed by atoms with Gasteiger partial charge in [-0.2, -0.15) is 0 Å². The second kappa shape index (κ2) is 5.47. The van der Waals surface area contributed by atoms with Gasteiger partial charge in [-0.25, -0.2) is 15.0 Å². The molecular weight excluding hydrogens is 338 g/mol. The van der Waals surface area contributed by atoms with Crippen LogP contribution in [0.15, 0.2) is 12.7 Å². The van der Waals surface area contributed by atoms with Gasteiger partial charge in [0.2, 0.25) is 0 Å². The highest BCUT2D eigenvalue weighted by Crippen LogP contribution is 2.46. The predicted octanol–water partition coefficient (Wildman–Crippen LogP) is 2.10. The van der Waals surface area contributed by atoms with E-state index in [1.54, 1.807) is 6.33 Å². The molecule has 2 aromatic rings. The van der Waals surface area contributed by atoms with Crippen LogP contribution in [0.2, 0.25) is 18.1 Å². The number of epoxide rings is 1. The van der Waals surface area contributed by atoms with Gasteiger partial charge >= 0.3 is 0 Å². The summed E-state index contributed by atoms with van der Waals surface area (Å²) in [6, 6.07) is 0. The zero-order valence-corrected chi connectivity index (χ0v) is 16.3. The number of nitrogen functional groups attached to an aromatic ring is 1. The maximum atomic E-state index is 6.31. The number of imidazole rings is 1. The Balaban J connectivity index is 1.49. The number of nitrogens with zero attached hydrogens (tertiary/aromatic N) is 4. The van der Waals surface area contributed by atoms with Gasteiger partial charge < -0.3 is 19.6 Å². The van der Waals surface area contributed by atoms with Crippen molar-refractivity contribution < 1.29 is 13.9 Å². The van der Waals surface area contributed by atoms with Crippen molar-refractivity contribution >= 4 is 25.3 Å². The van der Waals surface area contributed by atoms with Crippen molar-refractivity contribution in [3.8, 4) is 0 Å². The summed E-state index contributed by atoms with van der Waals surface area (Å²) in [7, 11) is -1.81. The molecule has 0 bridgehead atoms. The minimum atomic E-state index is -1.81. The maximum absolute atomic E-state index is 6.31. The number of fused-ring (bicyclic) bond motifs is 2. The Morgan fingerprint density at radius 1 is 1.20 bits per heavy atom. The van der Waals surface area contributed by atoms with E-state index in [2.05, 4.69) is 48.8 Å². The van der Waals surface area contributed by atoms with Crippen molar-refractivity contribution in [3.05, 3.63) is 12.7 Å². The van der Waals surface area contributed by atoms with Crippen molar-refractivity contribution in [2.24, 2.45) is 0 Å². The first-order valence-corrected chi connectivity index (χ1v) is 11.5. The summed E-state index contributed by atoms with van der Waals surface area (Å²) < 4.78 is 20.2. The van der Waals surface area contributed by atoms with E-state index in [1.165, 1.54) is 6.33 Å². The third-order valence-electron chi connectivity index (χ3n) is 5.60. The molecule has 2 saturated heterocycles. The van der Waals surface area contributed by atoms with E-state index in [4.69, 9.17) is 19.6 Å². The lowest BCUT2D eigenvalue weighted by Crippen LogP contribution is -2.43. The zero-order valence-electron chi connectivity index (χ0n) is 15.3. The first kappa shape index (κ1) is 16.9. The van der Waals surface area contributed by atoms with Gasteiger partial charge in [-0.15, -0.1) is 0 Å². The van der Waals surface area contributed by atoms with Crippen LogP contribution < -0.4 is 5.73 Å². The van der Waals surface area contributed by atoms with Crippen molar-refractivity contribution in [3.63, 3.8) is 0 Å². The number of ether oxygens (including phenoxy) is 2. The van der Waals surface area contributed by atoms with Crippen molar-refractivity contribution in [1.29, 1.82) is 0 Å². The molecule has 4 rings (SSSR count). The number of rotatable bonds is 4. The van der Waals surface area contributed by atoms with Crippen LogP contribution in [0, 0.1) is 0 Å². The molecule has 2 fully saturated rings. The molecule has 0 aromatic carbocycles. The van der Waals surface area contributed by atoms with E-state index in [0.717, 1.165) is 0 Å². The fourth-order valence-electron chi connectivity index (χ4n) is 2.92. The van der Waals surface area contributed by atoms with Crippen LogP contribution in [-0.4, -0.2) is 52.8 Å². The molecular formula is C16H25N5O3Si. The van der Waals surface area contributed by atoms with Gasteiger partial charge in [0.25, 0.3) is 0 Å². The molecule has 2 aliphatic heterocycles. The standard InChI is InChI=1S/C16H25N5O3Si/c1-16(2,3)25(4,5)22-6-9-11-12(24-11)15(23-9)21-8-20-10-13(17)18-7-19-14(10)21/h7-9,11-12,15H,6H2,1-5H3,(H2,17,18,19)/t9-,11+,12+,15-/m1/s1. The van der Waals surface area contributed by atoms with Crippen LogP contribution in [0.5, 0.6) is 0 Å². The monoisotopic (exact) mass is 363 g/mol. The highest BCUT2D eigenvalue weighted by molar-refractivity contribution is 6.74. The number of nitrogens with two attached hydrogens (primary N) is 1. The second-order valence-corrected chi connectivity index (χ2v) is 13.1. The molecule has 0 aliphatic carbocycles. The Hall–Kier alpha value is -1.55. The topological polar surface area (TPSA) is 101 Å². The molecule has 8 nitrogen and oxygen atoms in total. The van der Waals surface area contributed by atoms with Gasteiger partial charge in [0, 0.05) is 0 Å². The minimum Gasteiger partial charge on any atom is -0.414 e. The van der Waals surface area contributed by atoms with Crippen LogP contribution in [0.25, 0.3) is 11.2 Å². The minimum absolute atomic E-state index is 0.0154. The zero-order chi connectivity index (χ0) is 18.0. The summed E-state index contributed by atoms with van der Waals surface area (Å²) in [4.78, 5) is 12.6. The van der Waals surface area contributed by atoms with Crippen LogP contribution in [0.3, 0.4) is 0 Å². The third kappa shape index (κ3) is 2.75. The van der Waals surface area contributed by atoms with E-state index in [-0.39, 0.29) is 29.6 Å². The molecule has 9 heteroatoms. The Morgan fingerprint density at radius 3 is 2.68 bits per heavy atom. The molecule has 0 radical (unpaired) electrons. The summed E-state index contributed by atoms with van der Waals surface area (Å²) in [5, 5.41) is 0.170. The number of anilines is 1. The second-order valence-electron chi connectivity index (χ2n) is 8.28. The van der Waals surface area contributed by atoms with Crippen LogP contribution in [0.4, 0.5) is 5.82 Å². The average molecular weight is 363 g/mol. The number of hydrogen-bond donors (Lipinski definition) is 1. The SMILES string of the molecule is CC(C)(C)[Si](C)(C)OC[C@H]1O[C@@H](n2cnc3c(N)ncnc32)[C@H]2O[C@H]21. The molecule has 136 valence electrons. The summed E-state index contributed by atoms with van der Waals surface area (Å²) >= 11 is 0. The Morgan fingerprint density at radius 2 is 1.96 bits per heavy atom. The lowest BCUT2D eigenvalue weighted by molar-refractivity contribution is -0.0803. The lowest BCUT2D eigenvalue weighted by Gasteiger charge is -2.37. The van der Waals surface area contributed by atoms with Gasteiger partial charge in [0.05, 0.1) is 12.9 Å². The van der Waals surface area contributed by atoms with Crippen molar-refractivity contribution in [2.75, 3.05) is 12.3 Å². The molecule has 25 heavy (non-hydrogen) atoms. The molecule has 0 amide bonds. The lowest BCUT2D eigenvalue weighted by atomic mass is 10.2. The third-order valence-corrected chi connectivity index (χ3v) is 10.1. The van der Waals surface area contributed by atoms with Gasteiger partial charge in [-0.05, 0) is 18.1 Å². The average Bonchev–Trinajstić information content (AvgIpc) is 3.05. The van der Waals surface area contributed by atoms with Gasteiger partial charge in [0.15, 0.2) is 26.0 Å². The molecule has 0 saturated carbocycles. The van der Waals surface area contributed by atoms with E-state index in [1.807, 2.05) is 4.57 Å². The number of aromatic nitrogens is 4. The highest BCUT2D eigenvalue weighted by Gasteiger charge is 2.59. The fraction of sp³-hybridized carbons (Fsp3) is 0.688. The smallest absolute Gasteiger partial charge is 0.192 e. The molecule has 0 spiro atoms. The molecule has 2 aliphatic rings. The molecule has 2 N–H and O–H groups in total. The Kier molecular flexibility index (Phi) is 3.70. The van der Waals surface area contributed by atoms with Gasteiger partial charge in [-0.3, -0.25) is 4.57 Å². The predicted molar refractivity (Wildman–Crippen MR) is 95.5 cm³/mol. The van der Waals surface area contributed by atoms with E-state index >= 15 is 0 Å². The normalized spacial score (nSPS) is 29.2. The fourth-order valence-corrected chi connectivity index (χ4v) is 3.93. The first-order chi connectivity index (χ1) is 11.7. The largest absolute Gasteiger partial charge is 0.414 e. The van der Waals surface area contributed by atoms with Crippen molar-refractivity contribution in [2.45, 2.75) is 63.4 Å². The quantitative estimate of drug-likeness (QED) is 0.655. The molecule has 0 unspecified atom stereocenters. The molecule has 4 heterocycles. The van der Waals surface area contributed by atoms with Crippen LogP contribution >= 0.6 is 0 Å². The Bertz CT molecular complexity index is 803. The molecule has 4 atom stereocenters. The summed E-state index contributed by atoms with van der Waals surface area (Å²) in [5.74, 6) is 0.368. The number of hydrogen-bond acceptors (Lipinski definition) is 7.